The first-order valence-corrected chi connectivity index (χ1v) is 7.32. The van der Waals surface area contributed by atoms with Crippen molar-refractivity contribution in [3.63, 3.8) is 0 Å². The molecule has 2 heterocycles. The van der Waals surface area contributed by atoms with Crippen LogP contribution in [0.25, 0.3) is 0 Å². The van der Waals surface area contributed by atoms with Crippen LogP contribution in [0.1, 0.15) is 45.4 Å². The molecule has 0 radical (unpaired) electrons. The van der Waals surface area contributed by atoms with Crippen LogP contribution in [0.2, 0.25) is 0 Å². The highest BCUT2D eigenvalue weighted by Gasteiger charge is 2.23. The van der Waals surface area contributed by atoms with E-state index in [1.165, 1.54) is 45.1 Å². The number of hydrogen-bond acceptors (Lipinski definition) is 3. The third kappa shape index (κ3) is 3.94. The molecular weight excluding hydrogens is 212 g/mol. The Bertz CT molecular complexity index is 216. The van der Waals surface area contributed by atoms with Gasteiger partial charge < -0.3 is 15.0 Å². The topological polar surface area (TPSA) is 24.5 Å². The zero-order valence-electron chi connectivity index (χ0n) is 11.5. The average Bonchev–Trinajstić information content (AvgIpc) is 2.85. The second-order valence-electron chi connectivity index (χ2n) is 5.71. The largest absolute Gasteiger partial charge is 0.377 e. The molecule has 1 N–H and O–H groups in total. The van der Waals surface area contributed by atoms with Gasteiger partial charge in [-0.05, 0) is 59.2 Å². The summed E-state index contributed by atoms with van der Waals surface area (Å²) in [5, 5.41) is 3.64. The van der Waals surface area contributed by atoms with E-state index in [0.29, 0.717) is 12.1 Å². The van der Waals surface area contributed by atoms with Gasteiger partial charge in [-0.1, -0.05) is 6.42 Å². The Morgan fingerprint density at radius 3 is 2.88 bits per heavy atom. The summed E-state index contributed by atoms with van der Waals surface area (Å²) in [6, 6.07) is 1.32. The molecule has 2 fully saturated rings. The van der Waals surface area contributed by atoms with Crippen molar-refractivity contribution in [2.24, 2.45) is 0 Å². The number of rotatable bonds is 5. The van der Waals surface area contributed by atoms with Crippen molar-refractivity contribution < 1.29 is 4.74 Å². The van der Waals surface area contributed by atoms with Crippen LogP contribution in [0, 0.1) is 0 Å². The third-order valence-electron chi connectivity index (χ3n) is 4.39. The van der Waals surface area contributed by atoms with Gasteiger partial charge in [0.05, 0.1) is 6.10 Å². The summed E-state index contributed by atoms with van der Waals surface area (Å²) < 4.78 is 5.71. The lowest BCUT2D eigenvalue weighted by Crippen LogP contribution is -2.42. The lowest BCUT2D eigenvalue weighted by atomic mass is 10.00. The summed E-state index contributed by atoms with van der Waals surface area (Å²) in [5.41, 5.74) is 0. The van der Waals surface area contributed by atoms with E-state index < -0.39 is 0 Å². The van der Waals surface area contributed by atoms with Gasteiger partial charge in [0.25, 0.3) is 0 Å². The lowest BCUT2D eigenvalue weighted by Gasteiger charge is -2.33. The Morgan fingerprint density at radius 2 is 2.18 bits per heavy atom. The van der Waals surface area contributed by atoms with E-state index in [4.69, 9.17) is 4.74 Å². The van der Waals surface area contributed by atoms with Crippen molar-refractivity contribution in [3.05, 3.63) is 0 Å². The van der Waals surface area contributed by atoms with E-state index in [2.05, 4.69) is 24.2 Å². The van der Waals surface area contributed by atoms with Gasteiger partial charge in [-0.15, -0.1) is 0 Å². The summed E-state index contributed by atoms with van der Waals surface area (Å²) in [5.74, 6) is 0. The van der Waals surface area contributed by atoms with E-state index >= 15 is 0 Å². The molecular formula is C14H28N2O. The number of nitrogens with zero attached hydrogens (tertiary/aromatic N) is 1. The van der Waals surface area contributed by atoms with Crippen molar-refractivity contribution in [3.8, 4) is 0 Å². The minimum Gasteiger partial charge on any atom is -0.377 e. The summed E-state index contributed by atoms with van der Waals surface area (Å²) in [6.45, 7) is 5.64. The molecule has 0 aromatic heterocycles. The first-order chi connectivity index (χ1) is 8.27. The molecule has 0 aromatic rings. The van der Waals surface area contributed by atoms with Gasteiger partial charge in [0.2, 0.25) is 0 Å². The second kappa shape index (κ2) is 6.72. The molecule has 3 nitrogen and oxygen atoms in total. The van der Waals surface area contributed by atoms with Crippen LogP contribution in [-0.4, -0.2) is 49.8 Å². The molecule has 100 valence electrons. The van der Waals surface area contributed by atoms with Gasteiger partial charge in [0.1, 0.15) is 0 Å². The van der Waals surface area contributed by atoms with Gasteiger partial charge in [0.15, 0.2) is 0 Å². The van der Waals surface area contributed by atoms with Gasteiger partial charge in [-0.25, -0.2) is 0 Å². The molecule has 3 atom stereocenters. The van der Waals surface area contributed by atoms with E-state index in [1.54, 1.807) is 0 Å². The van der Waals surface area contributed by atoms with Crippen LogP contribution >= 0.6 is 0 Å². The van der Waals surface area contributed by atoms with E-state index in [-0.39, 0.29) is 0 Å². The summed E-state index contributed by atoms with van der Waals surface area (Å²) in [7, 11) is 2.27. The smallest absolute Gasteiger partial charge is 0.0726 e. The Morgan fingerprint density at radius 1 is 1.29 bits per heavy atom. The Labute approximate surface area is 106 Å². The van der Waals surface area contributed by atoms with Crippen molar-refractivity contribution in [2.75, 3.05) is 26.7 Å². The molecule has 0 amide bonds. The van der Waals surface area contributed by atoms with Crippen LogP contribution in [-0.2, 0) is 4.74 Å². The first kappa shape index (κ1) is 13.3. The molecule has 2 rings (SSSR count). The minimum atomic E-state index is 0.457. The molecule has 2 aliphatic rings. The third-order valence-corrected chi connectivity index (χ3v) is 4.39. The summed E-state index contributed by atoms with van der Waals surface area (Å²) >= 11 is 0. The van der Waals surface area contributed by atoms with Crippen LogP contribution in [0.5, 0.6) is 0 Å². The fourth-order valence-electron chi connectivity index (χ4n) is 3.11. The summed E-state index contributed by atoms with van der Waals surface area (Å²) in [4.78, 5) is 2.53. The molecule has 17 heavy (non-hydrogen) atoms. The van der Waals surface area contributed by atoms with Crippen LogP contribution in [0.3, 0.4) is 0 Å². The van der Waals surface area contributed by atoms with Gasteiger partial charge in [-0.2, -0.15) is 0 Å². The zero-order chi connectivity index (χ0) is 12.1. The number of likely N-dealkylation sites (tertiary alicyclic amines) is 1. The standard InChI is InChI=1S/C14H28N2O/c1-12(14-7-5-11-17-14)15-9-8-13-6-3-4-10-16(13)2/h12-15H,3-11H2,1-2H3. The first-order valence-electron chi connectivity index (χ1n) is 7.32. The van der Waals surface area contributed by atoms with Crippen LogP contribution in [0.15, 0.2) is 0 Å². The fourth-order valence-corrected chi connectivity index (χ4v) is 3.11. The van der Waals surface area contributed by atoms with Crippen molar-refractivity contribution in [2.45, 2.75) is 63.6 Å². The number of nitrogens with one attached hydrogen (secondary N) is 1. The maximum Gasteiger partial charge on any atom is 0.0726 e. The number of ether oxygens (including phenoxy) is 1. The van der Waals surface area contributed by atoms with E-state index in [0.717, 1.165) is 19.2 Å². The van der Waals surface area contributed by atoms with Crippen molar-refractivity contribution >= 4 is 0 Å². The molecule has 0 saturated carbocycles. The van der Waals surface area contributed by atoms with Gasteiger partial charge >= 0.3 is 0 Å². The Balaban J connectivity index is 1.61. The molecule has 2 aliphatic heterocycles. The highest BCUT2D eigenvalue weighted by Crippen LogP contribution is 2.18. The average molecular weight is 240 g/mol. The van der Waals surface area contributed by atoms with Crippen LogP contribution in [0.4, 0.5) is 0 Å². The quantitative estimate of drug-likeness (QED) is 0.795. The maximum absolute atomic E-state index is 5.71. The number of hydrogen-bond donors (Lipinski definition) is 1. The Kier molecular flexibility index (Phi) is 5.26. The lowest BCUT2D eigenvalue weighted by molar-refractivity contribution is 0.0821. The van der Waals surface area contributed by atoms with Gasteiger partial charge in [-0.3, -0.25) is 0 Å². The molecule has 0 spiro atoms. The second-order valence-corrected chi connectivity index (χ2v) is 5.71. The van der Waals surface area contributed by atoms with Gasteiger partial charge in [0, 0.05) is 18.7 Å². The predicted octanol–water partition coefficient (Wildman–Crippen LogP) is 2.02. The monoisotopic (exact) mass is 240 g/mol. The van der Waals surface area contributed by atoms with Crippen LogP contribution < -0.4 is 5.32 Å². The molecule has 0 bridgehead atoms. The summed E-state index contributed by atoms with van der Waals surface area (Å²) in [6.07, 6.45) is 8.39. The highest BCUT2D eigenvalue weighted by molar-refractivity contribution is 4.79. The fraction of sp³-hybridized carbons (Fsp3) is 1.00. The maximum atomic E-state index is 5.71. The predicted molar refractivity (Wildman–Crippen MR) is 71.3 cm³/mol. The molecule has 3 heteroatoms. The molecule has 0 aliphatic carbocycles. The number of piperidine rings is 1. The minimum absolute atomic E-state index is 0.457. The van der Waals surface area contributed by atoms with E-state index in [1.807, 2.05) is 0 Å². The molecule has 0 aromatic carbocycles. The molecule has 3 unspecified atom stereocenters. The highest BCUT2D eigenvalue weighted by atomic mass is 16.5. The van der Waals surface area contributed by atoms with Crippen molar-refractivity contribution in [1.29, 1.82) is 0 Å². The van der Waals surface area contributed by atoms with E-state index in [9.17, 15) is 0 Å². The van der Waals surface area contributed by atoms with Crippen molar-refractivity contribution in [1.82, 2.24) is 10.2 Å². The molecule has 2 saturated heterocycles. The zero-order valence-corrected chi connectivity index (χ0v) is 11.5. The SMILES string of the molecule is CC(NCCC1CCCCN1C)C1CCCO1. The Hall–Kier alpha value is -0.120. The normalized spacial score (nSPS) is 32.8.